The van der Waals surface area contributed by atoms with Crippen molar-refractivity contribution in [2.24, 2.45) is 0 Å². The minimum absolute atomic E-state index is 0. The molecule has 0 aliphatic carbocycles. The first kappa shape index (κ1) is 29.8. The van der Waals surface area contributed by atoms with E-state index in [1.54, 1.807) is 0 Å². The van der Waals surface area contributed by atoms with Crippen molar-refractivity contribution >= 4 is 43.9 Å². The molecule has 0 aromatic heterocycles. The molecule has 0 saturated heterocycles. The molecule has 3 nitrogen and oxygen atoms in total. The molecule has 0 aliphatic heterocycles. The Balaban J connectivity index is -0.00000000750. The Morgan fingerprint density at radius 3 is 1.00 bits per heavy atom. The van der Waals surface area contributed by atoms with Crippen LogP contribution in [0.5, 0.6) is 0 Å². The van der Waals surface area contributed by atoms with Crippen LogP contribution in [0.2, 0.25) is 0 Å². The molecular formula is CH2K2Li2O3. The summed E-state index contributed by atoms with van der Waals surface area (Å²) in [6, 6.07) is 0. The maximum absolute atomic E-state index is 8.33. The summed E-state index contributed by atoms with van der Waals surface area (Å²) in [5.74, 6) is 0. The third-order valence-electron chi connectivity index (χ3n) is 0. The Labute approximate surface area is 157 Å². The van der Waals surface area contributed by atoms with Gasteiger partial charge in [0.15, 0.2) is 0 Å². The van der Waals surface area contributed by atoms with Gasteiger partial charge in [-0.15, -0.1) is 0 Å². The Bertz CT molecular complexity index is 38.3. The average Bonchev–Trinajstić information content (AvgIpc) is 0.811. The van der Waals surface area contributed by atoms with Gasteiger partial charge in [0.05, 0.1) is 0 Å². The molecule has 0 radical (unpaired) electrons. The van der Waals surface area contributed by atoms with Crippen LogP contribution in [0.1, 0.15) is 0 Å². The van der Waals surface area contributed by atoms with Crippen LogP contribution >= 0.6 is 0 Å². The van der Waals surface area contributed by atoms with E-state index in [0.29, 0.717) is 0 Å². The number of carboxylic acid groups (broad SMARTS) is 2. The van der Waals surface area contributed by atoms with Gasteiger partial charge in [0, 0.05) is 0 Å². The molecule has 0 spiro atoms. The van der Waals surface area contributed by atoms with E-state index in [1.165, 1.54) is 0 Å². The van der Waals surface area contributed by atoms with Crippen molar-refractivity contribution < 1.29 is 118 Å². The Hall–Kier alpha value is 3.74. The summed E-state index contributed by atoms with van der Waals surface area (Å²) in [4.78, 5) is 8.33. The van der Waals surface area contributed by atoms with E-state index >= 15 is 0 Å². The molecular weight excluding hydrogens is 152 g/mol. The maximum atomic E-state index is 8.33. The average molecular weight is 154 g/mol. The fraction of sp³-hybridized carbons (Fsp3) is 0. The summed E-state index contributed by atoms with van der Waals surface area (Å²) in [7, 11) is 0. The first-order valence-corrected chi connectivity index (χ1v) is 0.612. The molecule has 0 unspecified atom stereocenters. The number of carbonyl (C=O) groups is 1. The van der Waals surface area contributed by atoms with Crippen molar-refractivity contribution in [2.45, 2.75) is 0 Å². The molecule has 28 valence electrons. The van der Waals surface area contributed by atoms with E-state index in [9.17, 15) is 0 Å². The third-order valence-corrected chi connectivity index (χ3v) is 0. The van der Waals surface area contributed by atoms with Crippen LogP contribution in [-0.4, -0.2) is 43.9 Å². The molecule has 0 N–H and O–H groups in total. The molecule has 0 fully saturated rings. The van der Waals surface area contributed by atoms with Gasteiger partial charge in [0.25, 0.3) is 0 Å². The normalized spacial score (nSPS) is 3.00. The molecule has 0 saturated carbocycles. The Morgan fingerprint density at radius 2 is 1.00 bits per heavy atom. The summed E-state index contributed by atoms with van der Waals surface area (Å²) < 4.78 is 0. The topological polar surface area (TPSA) is 63.2 Å². The monoisotopic (exact) mass is 154 g/mol. The van der Waals surface area contributed by atoms with Gasteiger partial charge in [0.1, 0.15) is 0 Å². The molecule has 0 amide bonds. The van der Waals surface area contributed by atoms with E-state index < -0.39 is 6.16 Å². The van der Waals surface area contributed by atoms with Crippen molar-refractivity contribution in [3.05, 3.63) is 0 Å². The predicted molar refractivity (Wildman–Crippen MR) is 19.7 cm³/mol. The second-order valence-corrected chi connectivity index (χ2v) is 0.250. The van der Waals surface area contributed by atoms with Crippen LogP contribution in [0.25, 0.3) is 0 Å². The van der Waals surface area contributed by atoms with Crippen molar-refractivity contribution in [2.75, 3.05) is 0 Å². The number of hydrogen-bond donors (Lipinski definition) is 0. The second-order valence-electron chi connectivity index (χ2n) is 0.250. The minimum atomic E-state index is -2.33. The van der Waals surface area contributed by atoms with Gasteiger partial charge < -0.3 is 15.0 Å². The number of rotatable bonds is 0. The van der Waals surface area contributed by atoms with E-state index in [4.69, 9.17) is 15.0 Å². The Morgan fingerprint density at radius 1 is 1.00 bits per heavy atom. The van der Waals surface area contributed by atoms with Gasteiger partial charge in [-0.2, -0.15) is 0 Å². The molecule has 0 atom stereocenters. The van der Waals surface area contributed by atoms with E-state index in [1.807, 2.05) is 0 Å². The van der Waals surface area contributed by atoms with E-state index in [2.05, 4.69) is 0 Å². The third kappa shape index (κ3) is 53.2. The summed E-state index contributed by atoms with van der Waals surface area (Å²) in [5.41, 5.74) is 0. The zero-order valence-corrected chi connectivity index (χ0v) is 9.97. The van der Waals surface area contributed by atoms with Crippen molar-refractivity contribution in [3.8, 4) is 0 Å². The second kappa shape index (κ2) is 22.4. The van der Waals surface area contributed by atoms with Crippen LogP contribution in [0, 0.1) is 0 Å². The number of hydrogen-bond acceptors (Lipinski definition) is 3. The first-order valence-electron chi connectivity index (χ1n) is 0.612. The zero-order chi connectivity index (χ0) is 3.58. The summed E-state index contributed by atoms with van der Waals surface area (Å²) in [5, 5.41) is 16.7. The fourth-order valence-electron chi connectivity index (χ4n) is 0. The number of carbonyl (C=O) groups excluding carboxylic acids is 1. The summed E-state index contributed by atoms with van der Waals surface area (Å²) in [6.07, 6.45) is -2.33. The quantitative estimate of drug-likeness (QED) is 0.325. The van der Waals surface area contributed by atoms with Gasteiger partial charge in [-0.1, -0.05) is 0 Å². The van der Waals surface area contributed by atoms with Gasteiger partial charge in [-0.3, -0.25) is 0 Å². The van der Waals surface area contributed by atoms with Crippen molar-refractivity contribution in [1.82, 2.24) is 0 Å². The van der Waals surface area contributed by atoms with Crippen molar-refractivity contribution in [3.63, 3.8) is 0 Å². The Kier molecular flexibility index (Phi) is 83.6. The van der Waals surface area contributed by atoms with Crippen LogP contribution in [-0.2, 0) is 0 Å². The van der Waals surface area contributed by atoms with Gasteiger partial charge >= 0.3 is 140 Å². The first-order chi connectivity index (χ1) is 1.73. The van der Waals surface area contributed by atoms with Gasteiger partial charge in [-0.25, -0.2) is 0 Å². The standard InChI is InChI=1S/CH2O3.2K.2Li.2H/c2-1(3)4;;;;;;/h(H2,2,3,4);;;;;;/q;2*+1;;;;/p-2. The van der Waals surface area contributed by atoms with Crippen molar-refractivity contribution in [1.29, 1.82) is 0 Å². The van der Waals surface area contributed by atoms with Crippen LogP contribution in [0.3, 0.4) is 0 Å². The molecule has 0 rings (SSSR count). The molecule has 0 aliphatic rings. The zero-order valence-electron chi connectivity index (χ0n) is 3.72. The fourth-order valence-corrected chi connectivity index (χ4v) is 0. The SMILES string of the molecule is O=C([O-])[O-].[K+].[K+].[LiH].[LiH]. The molecule has 0 bridgehead atoms. The van der Waals surface area contributed by atoms with Gasteiger partial charge in [-0.05, 0) is 6.16 Å². The summed E-state index contributed by atoms with van der Waals surface area (Å²) >= 11 is 0. The molecule has 7 heteroatoms. The molecule has 0 aromatic rings. The summed E-state index contributed by atoms with van der Waals surface area (Å²) in [6.45, 7) is 0. The molecule has 0 aromatic carbocycles. The molecule has 8 heavy (non-hydrogen) atoms. The molecule has 0 heterocycles. The van der Waals surface area contributed by atoms with Crippen LogP contribution < -0.4 is 113 Å². The van der Waals surface area contributed by atoms with E-state index in [0.717, 1.165) is 0 Å². The van der Waals surface area contributed by atoms with E-state index in [-0.39, 0.29) is 140 Å². The van der Waals surface area contributed by atoms with Crippen LogP contribution in [0.15, 0.2) is 0 Å². The van der Waals surface area contributed by atoms with Gasteiger partial charge in [0.2, 0.25) is 0 Å². The van der Waals surface area contributed by atoms with Crippen LogP contribution in [0.4, 0.5) is 4.79 Å². The predicted octanol–water partition coefficient (Wildman–Crippen LogP) is -9.74.